The predicted molar refractivity (Wildman–Crippen MR) is 77.9 cm³/mol. The summed E-state index contributed by atoms with van der Waals surface area (Å²) in [4.78, 5) is 30.4. The van der Waals surface area contributed by atoms with Crippen molar-refractivity contribution in [3.8, 4) is 0 Å². The highest BCUT2D eigenvalue weighted by molar-refractivity contribution is 5.91. The van der Waals surface area contributed by atoms with Gasteiger partial charge in [-0.3, -0.25) is 9.59 Å². The number of carbonyl (C=O) groups excluding carboxylic acids is 1. The van der Waals surface area contributed by atoms with Crippen LogP contribution in [0.15, 0.2) is 29.1 Å². The lowest BCUT2D eigenvalue weighted by molar-refractivity contribution is 0.0943. The summed E-state index contributed by atoms with van der Waals surface area (Å²) in [7, 11) is 0. The van der Waals surface area contributed by atoms with E-state index >= 15 is 0 Å². The van der Waals surface area contributed by atoms with Crippen LogP contribution in [-0.4, -0.2) is 21.0 Å². The number of hydrogen-bond acceptors (Lipinski definition) is 4. The van der Waals surface area contributed by atoms with Gasteiger partial charge < -0.3 is 15.4 Å². The van der Waals surface area contributed by atoms with E-state index in [2.05, 4.69) is 15.3 Å². The molecule has 0 radical (unpaired) electrons. The van der Waals surface area contributed by atoms with Crippen molar-refractivity contribution in [1.29, 1.82) is 0 Å². The highest BCUT2D eigenvalue weighted by Crippen LogP contribution is 2.08. The summed E-state index contributed by atoms with van der Waals surface area (Å²) in [6.07, 6.45) is 0. The van der Waals surface area contributed by atoms with Crippen molar-refractivity contribution < 1.29 is 9.90 Å². The highest BCUT2D eigenvalue weighted by Gasteiger charge is 2.14. The summed E-state index contributed by atoms with van der Waals surface area (Å²) in [6.45, 7) is 3.57. The van der Waals surface area contributed by atoms with Gasteiger partial charge in [-0.2, -0.15) is 0 Å². The molecule has 0 atom stereocenters. The number of aromatic amines is 1. The highest BCUT2D eigenvalue weighted by atomic mass is 16.3. The lowest BCUT2D eigenvalue weighted by Gasteiger charge is -2.09. The Balaban J connectivity index is 2.16. The topological polar surface area (TPSA) is 95.1 Å². The van der Waals surface area contributed by atoms with Gasteiger partial charge in [-0.15, -0.1) is 0 Å². The summed E-state index contributed by atoms with van der Waals surface area (Å²) in [6, 6.07) is 7.22. The first-order chi connectivity index (χ1) is 10.0. The van der Waals surface area contributed by atoms with Gasteiger partial charge in [0.05, 0.1) is 12.3 Å². The predicted octanol–water partition coefficient (Wildman–Crippen LogP) is 0.809. The maximum absolute atomic E-state index is 12.0. The second-order valence-electron chi connectivity index (χ2n) is 4.73. The molecule has 0 unspecified atom stereocenters. The number of aliphatic hydroxyl groups excluding tert-OH is 1. The third kappa shape index (κ3) is 3.35. The quantitative estimate of drug-likeness (QED) is 0.775. The largest absolute Gasteiger partial charge is 0.392 e. The first-order valence-corrected chi connectivity index (χ1v) is 6.56. The number of aryl methyl sites for hydroxylation is 2. The van der Waals surface area contributed by atoms with E-state index in [1.807, 2.05) is 18.2 Å². The number of aliphatic hydroxyl groups is 1. The molecule has 0 aliphatic heterocycles. The van der Waals surface area contributed by atoms with Gasteiger partial charge in [0.25, 0.3) is 11.5 Å². The molecule has 110 valence electrons. The monoisotopic (exact) mass is 287 g/mol. The number of nitrogens with zero attached hydrogens (tertiary/aromatic N) is 1. The Labute approximate surface area is 121 Å². The fourth-order valence-electron chi connectivity index (χ4n) is 1.92. The van der Waals surface area contributed by atoms with Crippen molar-refractivity contribution in [3.05, 3.63) is 62.8 Å². The minimum absolute atomic E-state index is 0.103. The van der Waals surface area contributed by atoms with Gasteiger partial charge in [0.15, 0.2) is 5.69 Å². The molecule has 1 aromatic heterocycles. The number of H-pyrrole nitrogens is 1. The van der Waals surface area contributed by atoms with Crippen molar-refractivity contribution in [1.82, 2.24) is 15.3 Å². The van der Waals surface area contributed by atoms with Crippen molar-refractivity contribution in [3.63, 3.8) is 0 Å². The average molecular weight is 287 g/mol. The minimum atomic E-state index is -0.535. The van der Waals surface area contributed by atoms with Gasteiger partial charge in [0.2, 0.25) is 0 Å². The van der Waals surface area contributed by atoms with E-state index in [1.165, 1.54) is 0 Å². The van der Waals surface area contributed by atoms with Crippen LogP contribution in [0.3, 0.4) is 0 Å². The molecule has 1 aromatic carbocycles. The number of carbonyl (C=O) groups is 1. The molecular weight excluding hydrogens is 270 g/mol. The number of amides is 1. The molecule has 0 aliphatic rings. The lowest BCUT2D eigenvalue weighted by Crippen LogP contribution is -2.31. The van der Waals surface area contributed by atoms with Gasteiger partial charge in [0.1, 0.15) is 0 Å². The second-order valence-corrected chi connectivity index (χ2v) is 4.73. The zero-order valence-corrected chi connectivity index (χ0v) is 11.9. The summed E-state index contributed by atoms with van der Waals surface area (Å²) >= 11 is 0. The van der Waals surface area contributed by atoms with Crippen LogP contribution in [-0.2, 0) is 13.2 Å². The molecule has 0 bridgehead atoms. The number of aromatic nitrogens is 2. The van der Waals surface area contributed by atoms with E-state index in [9.17, 15) is 14.7 Å². The van der Waals surface area contributed by atoms with Crippen LogP contribution in [0.1, 0.15) is 33.0 Å². The molecule has 6 heteroatoms. The van der Waals surface area contributed by atoms with E-state index < -0.39 is 11.5 Å². The van der Waals surface area contributed by atoms with Gasteiger partial charge in [-0.05, 0) is 25.0 Å². The van der Waals surface area contributed by atoms with Crippen LogP contribution < -0.4 is 10.9 Å². The zero-order valence-electron chi connectivity index (χ0n) is 11.9. The Morgan fingerprint density at radius 2 is 1.95 bits per heavy atom. The molecule has 0 saturated carbocycles. The van der Waals surface area contributed by atoms with E-state index in [0.29, 0.717) is 11.4 Å². The second kappa shape index (κ2) is 6.32. The maximum Gasteiger partial charge on any atom is 0.279 e. The third-order valence-electron chi connectivity index (χ3n) is 3.28. The number of benzene rings is 1. The zero-order chi connectivity index (χ0) is 15.4. The Morgan fingerprint density at radius 1 is 1.29 bits per heavy atom. The van der Waals surface area contributed by atoms with Crippen LogP contribution in [0.4, 0.5) is 0 Å². The third-order valence-corrected chi connectivity index (χ3v) is 3.28. The van der Waals surface area contributed by atoms with Crippen molar-refractivity contribution >= 4 is 5.91 Å². The number of rotatable bonds is 4. The molecule has 1 heterocycles. The van der Waals surface area contributed by atoms with Gasteiger partial charge in [-0.25, -0.2) is 4.98 Å². The van der Waals surface area contributed by atoms with Crippen molar-refractivity contribution in [2.45, 2.75) is 27.0 Å². The van der Waals surface area contributed by atoms with Gasteiger partial charge in [0, 0.05) is 12.2 Å². The Kier molecular flexibility index (Phi) is 4.49. The summed E-state index contributed by atoms with van der Waals surface area (Å²) in [5.41, 5.74) is 2.12. The molecule has 2 rings (SSSR count). The smallest absolute Gasteiger partial charge is 0.279 e. The Morgan fingerprint density at radius 3 is 2.62 bits per heavy atom. The van der Waals surface area contributed by atoms with Crippen LogP contribution in [0.2, 0.25) is 0 Å². The standard InChI is InChI=1S/C15H17N3O3/c1-9-10(2)18-15(21)13(17-9)14(20)16-7-11-5-3-4-6-12(11)8-19/h3-6,19H,7-8H2,1-2H3,(H,16,20)(H,18,21). The summed E-state index contributed by atoms with van der Waals surface area (Å²) < 4.78 is 0. The SMILES string of the molecule is Cc1nc(C(=O)NCc2ccccc2CO)c(=O)[nH]c1C. The van der Waals surface area contributed by atoms with E-state index in [4.69, 9.17) is 0 Å². The molecule has 0 saturated heterocycles. The molecule has 2 aromatic rings. The molecule has 3 N–H and O–H groups in total. The van der Waals surface area contributed by atoms with Crippen LogP contribution >= 0.6 is 0 Å². The summed E-state index contributed by atoms with van der Waals surface area (Å²) in [5.74, 6) is -0.535. The fourth-order valence-corrected chi connectivity index (χ4v) is 1.92. The van der Waals surface area contributed by atoms with E-state index in [-0.39, 0.29) is 18.8 Å². The van der Waals surface area contributed by atoms with Crippen LogP contribution in [0.25, 0.3) is 0 Å². The number of nitrogens with one attached hydrogen (secondary N) is 2. The average Bonchev–Trinajstić information content (AvgIpc) is 2.48. The first-order valence-electron chi connectivity index (χ1n) is 6.56. The molecule has 1 amide bonds. The minimum Gasteiger partial charge on any atom is -0.392 e. The molecule has 0 spiro atoms. The van der Waals surface area contributed by atoms with E-state index in [1.54, 1.807) is 19.9 Å². The Hall–Kier alpha value is -2.47. The van der Waals surface area contributed by atoms with Crippen LogP contribution in [0.5, 0.6) is 0 Å². The fraction of sp³-hybridized carbons (Fsp3) is 0.267. The number of hydrogen-bond donors (Lipinski definition) is 3. The summed E-state index contributed by atoms with van der Waals surface area (Å²) in [5, 5.41) is 11.9. The molecule has 6 nitrogen and oxygen atoms in total. The molecular formula is C15H17N3O3. The maximum atomic E-state index is 12.0. The van der Waals surface area contributed by atoms with Crippen molar-refractivity contribution in [2.75, 3.05) is 0 Å². The first kappa shape index (κ1) is 14.9. The van der Waals surface area contributed by atoms with Crippen LogP contribution in [0, 0.1) is 13.8 Å². The van der Waals surface area contributed by atoms with Gasteiger partial charge >= 0.3 is 0 Å². The molecule has 0 aliphatic carbocycles. The normalized spacial score (nSPS) is 10.4. The lowest BCUT2D eigenvalue weighted by atomic mass is 10.1. The molecule has 21 heavy (non-hydrogen) atoms. The van der Waals surface area contributed by atoms with E-state index in [0.717, 1.165) is 11.1 Å². The Bertz CT molecular complexity index is 722. The van der Waals surface area contributed by atoms with Crippen molar-refractivity contribution in [2.24, 2.45) is 0 Å². The van der Waals surface area contributed by atoms with Gasteiger partial charge in [-0.1, -0.05) is 24.3 Å². The molecule has 0 fully saturated rings.